The summed E-state index contributed by atoms with van der Waals surface area (Å²) < 4.78 is 0. The molecule has 1 N–H and O–H groups in total. The second kappa shape index (κ2) is 13.0. The molecule has 2 amide bonds. The number of carbonyl (C=O) groups is 2. The maximum absolute atomic E-state index is 13.6. The molecule has 0 heterocycles. The summed E-state index contributed by atoms with van der Waals surface area (Å²) in [5, 5.41) is 3.74. The van der Waals surface area contributed by atoms with Crippen molar-refractivity contribution in [2.75, 3.05) is 0 Å². The average Bonchev–Trinajstić information content (AvgIpc) is 2.87. The molecule has 5 heteroatoms. The van der Waals surface area contributed by atoms with Crippen LogP contribution in [-0.2, 0) is 29.0 Å². The van der Waals surface area contributed by atoms with Gasteiger partial charge < -0.3 is 10.2 Å². The van der Waals surface area contributed by atoms with Crippen molar-refractivity contribution in [3.63, 3.8) is 0 Å². The fourth-order valence-corrected chi connectivity index (χ4v) is 3.95. The van der Waals surface area contributed by atoms with Crippen LogP contribution >= 0.6 is 11.6 Å². The number of nitrogens with zero attached hydrogens (tertiary/aromatic N) is 1. The van der Waals surface area contributed by atoms with Gasteiger partial charge in [-0.15, -0.1) is 0 Å². The summed E-state index contributed by atoms with van der Waals surface area (Å²) in [5.41, 5.74) is 3.06. The lowest BCUT2D eigenvalue weighted by Crippen LogP contribution is -2.52. The van der Waals surface area contributed by atoms with Crippen molar-refractivity contribution >= 4 is 23.4 Å². The topological polar surface area (TPSA) is 49.4 Å². The van der Waals surface area contributed by atoms with E-state index in [2.05, 4.69) is 5.32 Å². The number of nitrogens with one attached hydrogen (secondary N) is 1. The standard InChI is InChI=1S/C29H33ClN2O2/c1-3-22(2)31-29(34)27(20-24-12-8-5-9-13-24)32(21-25-14-17-26(30)18-15-25)28(33)19-16-23-10-6-4-7-11-23/h4-15,17-18,22,27H,3,16,19-21H2,1-2H3,(H,31,34)/t22-,27+/m1/s1. The van der Waals surface area contributed by atoms with Gasteiger partial charge in [0.2, 0.25) is 11.8 Å². The van der Waals surface area contributed by atoms with E-state index in [1.54, 1.807) is 4.90 Å². The summed E-state index contributed by atoms with van der Waals surface area (Å²) in [6.07, 6.45) is 2.23. The molecule has 2 atom stereocenters. The van der Waals surface area contributed by atoms with Gasteiger partial charge in [-0.3, -0.25) is 9.59 Å². The highest BCUT2D eigenvalue weighted by Crippen LogP contribution is 2.18. The third-order valence-electron chi connectivity index (χ3n) is 6.01. The van der Waals surface area contributed by atoms with Gasteiger partial charge in [-0.1, -0.05) is 91.3 Å². The van der Waals surface area contributed by atoms with Crippen molar-refractivity contribution < 1.29 is 9.59 Å². The van der Waals surface area contributed by atoms with E-state index >= 15 is 0 Å². The van der Waals surface area contributed by atoms with Crippen molar-refractivity contribution in [3.8, 4) is 0 Å². The number of amides is 2. The number of benzene rings is 3. The number of rotatable bonds is 11. The lowest BCUT2D eigenvalue weighted by atomic mass is 10.0. The van der Waals surface area contributed by atoms with Crippen molar-refractivity contribution in [1.29, 1.82) is 0 Å². The van der Waals surface area contributed by atoms with Crippen LogP contribution in [0.5, 0.6) is 0 Å². The predicted molar refractivity (Wildman–Crippen MR) is 139 cm³/mol. The molecule has 3 aromatic rings. The highest BCUT2D eigenvalue weighted by molar-refractivity contribution is 6.30. The summed E-state index contributed by atoms with van der Waals surface area (Å²) >= 11 is 6.08. The second-order valence-electron chi connectivity index (χ2n) is 8.66. The molecule has 0 aliphatic heterocycles. The van der Waals surface area contributed by atoms with Gasteiger partial charge in [-0.2, -0.15) is 0 Å². The quantitative estimate of drug-likeness (QED) is 0.378. The molecule has 34 heavy (non-hydrogen) atoms. The molecule has 178 valence electrons. The smallest absolute Gasteiger partial charge is 0.243 e. The maximum atomic E-state index is 13.6. The highest BCUT2D eigenvalue weighted by Gasteiger charge is 2.30. The van der Waals surface area contributed by atoms with Gasteiger partial charge in [0.25, 0.3) is 0 Å². The van der Waals surface area contributed by atoms with Gasteiger partial charge in [-0.25, -0.2) is 0 Å². The first kappa shape index (κ1) is 25.5. The van der Waals surface area contributed by atoms with Crippen molar-refractivity contribution in [2.45, 2.75) is 58.2 Å². The lowest BCUT2D eigenvalue weighted by molar-refractivity contribution is -0.141. The van der Waals surface area contributed by atoms with E-state index in [1.807, 2.05) is 98.8 Å². The van der Waals surface area contributed by atoms with E-state index in [0.29, 0.717) is 30.8 Å². The van der Waals surface area contributed by atoms with Crippen LogP contribution < -0.4 is 5.32 Å². The molecule has 0 bridgehead atoms. The Bertz CT molecular complexity index is 1040. The summed E-state index contributed by atoms with van der Waals surface area (Å²) in [5.74, 6) is -0.167. The number of hydrogen-bond acceptors (Lipinski definition) is 2. The van der Waals surface area contributed by atoms with Crippen molar-refractivity contribution in [2.24, 2.45) is 0 Å². The molecule has 0 saturated carbocycles. The molecule has 4 nitrogen and oxygen atoms in total. The van der Waals surface area contributed by atoms with Crippen molar-refractivity contribution in [1.82, 2.24) is 10.2 Å². The molecule has 0 spiro atoms. The van der Waals surface area contributed by atoms with Crippen LogP contribution in [0.25, 0.3) is 0 Å². The van der Waals surface area contributed by atoms with E-state index in [4.69, 9.17) is 11.6 Å². The largest absolute Gasteiger partial charge is 0.352 e. The first-order valence-electron chi connectivity index (χ1n) is 11.9. The van der Waals surface area contributed by atoms with Crippen LogP contribution in [0.3, 0.4) is 0 Å². The van der Waals surface area contributed by atoms with Crippen LogP contribution in [0.15, 0.2) is 84.9 Å². The zero-order chi connectivity index (χ0) is 24.3. The van der Waals surface area contributed by atoms with Gasteiger partial charge >= 0.3 is 0 Å². The maximum Gasteiger partial charge on any atom is 0.243 e. The minimum absolute atomic E-state index is 0.0302. The van der Waals surface area contributed by atoms with E-state index in [0.717, 1.165) is 23.1 Å². The first-order valence-corrected chi connectivity index (χ1v) is 12.3. The van der Waals surface area contributed by atoms with Gasteiger partial charge in [0.15, 0.2) is 0 Å². The number of hydrogen-bond donors (Lipinski definition) is 1. The number of halogens is 1. The van der Waals surface area contributed by atoms with E-state index in [1.165, 1.54) is 0 Å². The average molecular weight is 477 g/mol. The van der Waals surface area contributed by atoms with Crippen LogP contribution in [0.2, 0.25) is 5.02 Å². The van der Waals surface area contributed by atoms with Crippen LogP contribution in [0, 0.1) is 0 Å². The summed E-state index contributed by atoms with van der Waals surface area (Å²) in [7, 11) is 0. The van der Waals surface area contributed by atoms with Gasteiger partial charge in [0, 0.05) is 30.5 Å². The monoisotopic (exact) mass is 476 g/mol. The molecule has 3 rings (SSSR count). The van der Waals surface area contributed by atoms with Crippen molar-refractivity contribution in [3.05, 3.63) is 107 Å². The summed E-state index contributed by atoms with van der Waals surface area (Å²) in [6.45, 7) is 4.36. The molecule has 0 aromatic heterocycles. The molecular formula is C29H33ClN2O2. The summed E-state index contributed by atoms with van der Waals surface area (Å²) in [6, 6.07) is 26.7. The second-order valence-corrected chi connectivity index (χ2v) is 9.09. The number of carbonyl (C=O) groups excluding carboxylic acids is 2. The molecule has 0 unspecified atom stereocenters. The van der Waals surface area contributed by atoms with E-state index < -0.39 is 6.04 Å². The Balaban J connectivity index is 1.90. The zero-order valence-corrected chi connectivity index (χ0v) is 20.7. The highest BCUT2D eigenvalue weighted by atomic mass is 35.5. The summed E-state index contributed by atoms with van der Waals surface area (Å²) in [4.78, 5) is 28.8. The zero-order valence-electron chi connectivity index (χ0n) is 19.9. The molecule has 0 aliphatic rings. The number of aryl methyl sites for hydroxylation is 1. The fourth-order valence-electron chi connectivity index (χ4n) is 3.82. The Kier molecular flexibility index (Phi) is 9.72. The molecule has 0 radical (unpaired) electrons. The Morgan fingerprint density at radius 3 is 2.03 bits per heavy atom. The molecule has 0 saturated heterocycles. The third kappa shape index (κ3) is 7.74. The van der Waals surface area contributed by atoms with Gasteiger partial charge in [0.1, 0.15) is 6.04 Å². The van der Waals surface area contributed by atoms with Crippen LogP contribution in [-0.4, -0.2) is 28.8 Å². The Morgan fingerprint density at radius 2 is 1.44 bits per heavy atom. The Hall–Kier alpha value is -3.11. The molecule has 0 fully saturated rings. The van der Waals surface area contributed by atoms with Gasteiger partial charge in [-0.05, 0) is 48.6 Å². The van der Waals surface area contributed by atoms with Crippen LogP contribution in [0.4, 0.5) is 0 Å². The van der Waals surface area contributed by atoms with E-state index in [-0.39, 0.29) is 17.9 Å². The normalized spacial score (nSPS) is 12.6. The third-order valence-corrected chi connectivity index (χ3v) is 6.26. The SMILES string of the molecule is CC[C@@H](C)NC(=O)[C@H](Cc1ccccc1)N(Cc1ccc(Cl)cc1)C(=O)CCc1ccccc1. The molecule has 3 aromatic carbocycles. The fraction of sp³-hybridized carbons (Fsp3) is 0.310. The van der Waals surface area contributed by atoms with E-state index in [9.17, 15) is 9.59 Å². The van der Waals surface area contributed by atoms with Gasteiger partial charge in [0.05, 0.1) is 0 Å². The molecule has 0 aliphatic carbocycles. The predicted octanol–water partition coefficient (Wildman–Crippen LogP) is 5.83. The molecular weight excluding hydrogens is 444 g/mol. The van der Waals surface area contributed by atoms with Crippen LogP contribution in [0.1, 0.15) is 43.4 Å². The first-order chi connectivity index (χ1) is 16.5. The minimum atomic E-state index is -0.615. The Labute approximate surface area is 207 Å². The lowest BCUT2D eigenvalue weighted by Gasteiger charge is -2.32. The minimum Gasteiger partial charge on any atom is -0.352 e. The Morgan fingerprint density at radius 1 is 0.853 bits per heavy atom.